The first-order valence-corrected chi connectivity index (χ1v) is 8.00. The third kappa shape index (κ3) is 4.03. The van der Waals surface area contributed by atoms with Crippen molar-refractivity contribution in [1.29, 1.82) is 0 Å². The predicted molar refractivity (Wildman–Crippen MR) is 94.9 cm³/mol. The summed E-state index contributed by atoms with van der Waals surface area (Å²) in [6.45, 7) is 1.86. The molecule has 1 amide bonds. The third-order valence-corrected chi connectivity index (χ3v) is 4.38. The number of rotatable bonds is 4. The van der Waals surface area contributed by atoms with Gasteiger partial charge in [0.05, 0.1) is 21.3 Å². The minimum absolute atomic E-state index is 0.244. The number of carbonyl (C=O) groups is 1. The van der Waals surface area contributed by atoms with E-state index in [1.807, 2.05) is 31.2 Å². The summed E-state index contributed by atoms with van der Waals surface area (Å²) in [6, 6.07) is 12.5. The van der Waals surface area contributed by atoms with Crippen LogP contribution in [0.25, 0.3) is 5.70 Å². The maximum Gasteiger partial charge on any atom is 0.270 e. The van der Waals surface area contributed by atoms with Crippen LogP contribution in [-0.2, 0) is 0 Å². The van der Waals surface area contributed by atoms with Gasteiger partial charge in [0.15, 0.2) is 0 Å². The number of hydrogen-bond acceptors (Lipinski definition) is 2. The number of nitrogens with one attached hydrogen (secondary N) is 2. The highest BCUT2D eigenvalue weighted by Gasteiger charge is 2.10. The first-order chi connectivity index (χ1) is 10.5. The van der Waals surface area contributed by atoms with Gasteiger partial charge in [-0.05, 0) is 47.1 Å². The first kappa shape index (κ1) is 16.9. The van der Waals surface area contributed by atoms with Crippen LogP contribution in [0, 0.1) is 0 Å². The molecule has 0 saturated heterocycles. The van der Waals surface area contributed by atoms with Crippen molar-refractivity contribution < 1.29 is 4.79 Å². The normalized spacial score (nSPS) is 11.2. The van der Waals surface area contributed by atoms with E-state index in [1.54, 1.807) is 24.3 Å². The fraction of sp³-hybridized carbons (Fsp3) is 0.0625. The second-order valence-corrected chi connectivity index (χ2v) is 6.06. The minimum Gasteiger partial charge on any atom is -0.298 e. The maximum absolute atomic E-state index is 12.2. The Balaban J connectivity index is 2.10. The van der Waals surface area contributed by atoms with Crippen molar-refractivity contribution in [2.24, 2.45) is 0 Å². The Hall–Kier alpha value is -1.49. The molecule has 0 saturated carbocycles. The van der Waals surface area contributed by atoms with Crippen molar-refractivity contribution in [2.75, 3.05) is 0 Å². The van der Waals surface area contributed by atoms with Crippen molar-refractivity contribution in [3.8, 4) is 0 Å². The van der Waals surface area contributed by atoms with Crippen LogP contribution in [0.3, 0.4) is 0 Å². The van der Waals surface area contributed by atoms with Crippen molar-refractivity contribution in [3.05, 3.63) is 74.2 Å². The molecule has 2 N–H and O–H groups in total. The zero-order chi connectivity index (χ0) is 16.1. The van der Waals surface area contributed by atoms with Gasteiger partial charge in [0.25, 0.3) is 5.91 Å². The molecule has 0 heterocycles. The lowest BCUT2D eigenvalue weighted by atomic mass is 10.1. The van der Waals surface area contributed by atoms with Gasteiger partial charge >= 0.3 is 0 Å². The molecule has 0 aliphatic rings. The summed E-state index contributed by atoms with van der Waals surface area (Å²) >= 11 is 15.3. The van der Waals surface area contributed by atoms with E-state index in [9.17, 15) is 4.79 Å². The van der Waals surface area contributed by atoms with Crippen LogP contribution in [0.1, 0.15) is 22.8 Å². The summed E-state index contributed by atoms with van der Waals surface area (Å²) in [4.78, 5) is 12.2. The summed E-state index contributed by atoms with van der Waals surface area (Å²) in [6.07, 6.45) is 1.83. The molecule has 0 fully saturated rings. The predicted octanol–water partition coefficient (Wildman–Crippen LogP) is 5.05. The Morgan fingerprint density at radius 1 is 1.09 bits per heavy atom. The highest BCUT2D eigenvalue weighted by Crippen LogP contribution is 2.25. The Morgan fingerprint density at radius 2 is 1.82 bits per heavy atom. The van der Waals surface area contributed by atoms with Crippen LogP contribution in [0.15, 0.2) is 53.0 Å². The maximum atomic E-state index is 12.2. The number of allylic oxidation sites excluding steroid dienone is 1. The number of carbonyl (C=O) groups excluding carboxylic acids is 1. The van der Waals surface area contributed by atoms with Gasteiger partial charge in [0.2, 0.25) is 0 Å². The topological polar surface area (TPSA) is 41.1 Å². The molecule has 0 unspecified atom stereocenters. The van der Waals surface area contributed by atoms with E-state index in [4.69, 9.17) is 23.2 Å². The molecule has 0 spiro atoms. The van der Waals surface area contributed by atoms with E-state index in [0.29, 0.717) is 15.6 Å². The molecular formula is C16H13BrCl2N2O. The number of benzene rings is 2. The second kappa shape index (κ2) is 7.68. The average Bonchev–Trinajstić information content (AvgIpc) is 2.51. The van der Waals surface area contributed by atoms with Gasteiger partial charge in [-0.15, -0.1) is 0 Å². The first-order valence-electron chi connectivity index (χ1n) is 6.45. The van der Waals surface area contributed by atoms with Crippen molar-refractivity contribution in [3.63, 3.8) is 0 Å². The summed E-state index contributed by atoms with van der Waals surface area (Å²) in [5, 5.41) is 0.940. The van der Waals surface area contributed by atoms with Crippen LogP contribution in [0.2, 0.25) is 10.0 Å². The summed E-state index contributed by atoms with van der Waals surface area (Å²) in [5.41, 5.74) is 7.64. The lowest BCUT2D eigenvalue weighted by molar-refractivity contribution is 0.0941. The second-order valence-electron chi connectivity index (χ2n) is 4.39. The highest BCUT2D eigenvalue weighted by atomic mass is 79.9. The molecule has 6 heteroatoms. The van der Waals surface area contributed by atoms with Gasteiger partial charge in [-0.3, -0.25) is 15.6 Å². The molecule has 0 aliphatic carbocycles. The number of amides is 1. The molecule has 0 aliphatic heterocycles. The van der Waals surface area contributed by atoms with Crippen LogP contribution in [0.4, 0.5) is 0 Å². The lowest BCUT2D eigenvalue weighted by Crippen LogP contribution is -2.36. The summed E-state index contributed by atoms with van der Waals surface area (Å²) < 4.78 is 0.728. The summed E-state index contributed by atoms with van der Waals surface area (Å²) in [7, 11) is 0. The molecule has 3 nitrogen and oxygen atoms in total. The van der Waals surface area contributed by atoms with E-state index in [2.05, 4.69) is 26.8 Å². The number of hydrogen-bond donors (Lipinski definition) is 2. The van der Waals surface area contributed by atoms with Gasteiger partial charge < -0.3 is 0 Å². The van der Waals surface area contributed by atoms with Crippen molar-refractivity contribution in [1.82, 2.24) is 10.9 Å². The van der Waals surface area contributed by atoms with Gasteiger partial charge in [-0.25, -0.2) is 0 Å². The van der Waals surface area contributed by atoms with E-state index in [1.165, 1.54) is 0 Å². The third-order valence-electron chi connectivity index (χ3n) is 2.95. The molecule has 2 rings (SSSR count). The fourth-order valence-electron chi connectivity index (χ4n) is 1.81. The van der Waals surface area contributed by atoms with Crippen LogP contribution < -0.4 is 10.9 Å². The van der Waals surface area contributed by atoms with Gasteiger partial charge in [0.1, 0.15) is 0 Å². The highest BCUT2D eigenvalue weighted by molar-refractivity contribution is 9.10. The van der Waals surface area contributed by atoms with Crippen LogP contribution >= 0.6 is 39.1 Å². The van der Waals surface area contributed by atoms with E-state index < -0.39 is 0 Å². The van der Waals surface area contributed by atoms with Gasteiger partial charge in [-0.2, -0.15) is 0 Å². The molecular weight excluding hydrogens is 387 g/mol. The Labute approximate surface area is 147 Å². The van der Waals surface area contributed by atoms with Crippen LogP contribution in [-0.4, -0.2) is 5.91 Å². The monoisotopic (exact) mass is 398 g/mol. The van der Waals surface area contributed by atoms with E-state index in [0.717, 1.165) is 15.7 Å². The molecule has 2 aromatic rings. The molecule has 0 radical (unpaired) electrons. The van der Waals surface area contributed by atoms with E-state index in [-0.39, 0.29) is 5.91 Å². The quantitative estimate of drug-likeness (QED) is 0.706. The largest absolute Gasteiger partial charge is 0.298 e. The average molecular weight is 400 g/mol. The standard InChI is InChI=1S/C16H13BrCl2N2O/c1-2-15(10-7-8-13(18)14(19)9-10)20-21-16(22)11-5-3-4-6-12(11)17/h2-9,20H,1H3,(H,21,22)/b15-2-. The Bertz CT molecular complexity index is 732. The SMILES string of the molecule is C/C=C(\NNC(=O)c1ccccc1Br)c1ccc(Cl)c(Cl)c1. The van der Waals surface area contributed by atoms with E-state index >= 15 is 0 Å². The summed E-state index contributed by atoms with van der Waals surface area (Å²) in [5.74, 6) is -0.244. The minimum atomic E-state index is -0.244. The van der Waals surface area contributed by atoms with Crippen molar-refractivity contribution in [2.45, 2.75) is 6.92 Å². The van der Waals surface area contributed by atoms with Gasteiger partial charge in [-0.1, -0.05) is 47.5 Å². The zero-order valence-electron chi connectivity index (χ0n) is 11.7. The molecule has 0 aromatic heterocycles. The number of halogens is 3. The Kier molecular flexibility index (Phi) is 5.89. The van der Waals surface area contributed by atoms with Crippen molar-refractivity contribution >= 4 is 50.7 Å². The fourth-order valence-corrected chi connectivity index (χ4v) is 2.57. The zero-order valence-corrected chi connectivity index (χ0v) is 14.8. The number of hydrazine groups is 1. The molecule has 2 aromatic carbocycles. The lowest BCUT2D eigenvalue weighted by Gasteiger charge is -2.13. The molecule has 0 atom stereocenters. The van der Waals surface area contributed by atoms with Gasteiger partial charge in [0, 0.05) is 10.0 Å². The molecule has 114 valence electrons. The molecule has 0 bridgehead atoms. The Morgan fingerprint density at radius 3 is 2.45 bits per heavy atom. The van der Waals surface area contributed by atoms with Crippen LogP contribution in [0.5, 0.6) is 0 Å². The molecule has 22 heavy (non-hydrogen) atoms. The smallest absolute Gasteiger partial charge is 0.270 e.